The lowest BCUT2D eigenvalue weighted by Crippen LogP contribution is -2.37. The van der Waals surface area contributed by atoms with Gasteiger partial charge in [-0.2, -0.15) is 0 Å². The Balaban J connectivity index is 2.25. The Kier molecular flexibility index (Phi) is 5.04. The molecule has 0 spiro atoms. The normalized spacial score (nSPS) is 14.5. The molecule has 0 unspecified atom stereocenters. The molecule has 0 aliphatic heterocycles. The summed E-state index contributed by atoms with van der Waals surface area (Å²) in [5.41, 5.74) is 6.74. The highest BCUT2D eigenvalue weighted by atomic mass is 16.5. The van der Waals surface area contributed by atoms with E-state index in [2.05, 4.69) is 6.58 Å². The maximum absolute atomic E-state index is 9.30. The highest BCUT2D eigenvalue weighted by molar-refractivity contribution is 5.13. The lowest BCUT2D eigenvalue weighted by molar-refractivity contribution is 0.0715. The molecule has 0 fully saturated rings. The van der Waals surface area contributed by atoms with Crippen molar-refractivity contribution >= 4 is 0 Å². The van der Waals surface area contributed by atoms with Gasteiger partial charge in [0.15, 0.2) is 0 Å². The van der Waals surface area contributed by atoms with E-state index in [1.165, 1.54) is 6.08 Å². The summed E-state index contributed by atoms with van der Waals surface area (Å²) < 4.78 is 5.37. The summed E-state index contributed by atoms with van der Waals surface area (Å²) in [6, 6.07) is 9.42. The maximum atomic E-state index is 9.30. The average molecular weight is 207 g/mol. The predicted molar refractivity (Wildman–Crippen MR) is 60.3 cm³/mol. The summed E-state index contributed by atoms with van der Waals surface area (Å²) in [4.78, 5) is 0. The van der Waals surface area contributed by atoms with Gasteiger partial charge in [0.2, 0.25) is 0 Å². The fourth-order valence-electron chi connectivity index (χ4n) is 1.16. The molecule has 0 aliphatic rings. The van der Waals surface area contributed by atoms with Crippen molar-refractivity contribution in [2.45, 2.75) is 18.8 Å². The van der Waals surface area contributed by atoms with Crippen molar-refractivity contribution < 1.29 is 9.84 Å². The lowest BCUT2D eigenvalue weighted by atomic mass is 10.2. The number of aliphatic hydroxyl groups is 1. The van der Waals surface area contributed by atoms with Crippen molar-refractivity contribution in [1.82, 2.24) is 0 Å². The van der Waals surface area contributed by atoms with Crippen molar-refractivity contribution in [2.24, 2.45) is 5.73 Å². The minimum Gasteiger partial charge on any atom is -0.387 e. The van der Waals surface area contributed by atoms with Crippen molar-refractivity contribution in [1.29, 1.82) is 0 Å². The molecule has 3 N–H and O–H groups in total. The van der Waals surface area contributed by atoms with Gasteiger partial charge in [0.25, 0.3) is 0 Å². The Labute approximate surface area is 90.2 Å². The van der Waals surface area contributed by atoms with E-state index in [0.29, 0.717) is 13.2 Å². The van der Waals surface area contributed by atoms with E-state index in [1.807, 2.05) is 30.3 Å². The smallest absolute Gasteiger partial charge is 0.0891 e. The van der Waals surface area contributed by atoms with E-state index in [9.17, 15) is 5.11 Å². The quantitative estimate of drug-likeness (QED) is 0.686. The Morgan fingerprint density at radius 3 is 2.67 bits per heavy atom. The molecule has 0 heterocycles. The van der Waals surface area contributed by atoms with Gasteiger partial charge in [-0.25, -0.2) is 0 Å². The Bertz CT molecular complexity index is 287. The first-order valence-electron chi connectivity index (χ1n) is 4.92. The van der Waals surface area contributed by atoms with E-state index in [-0.39, 0.29) is 0 Å². The summed E-state index contributed by atoms with van der Waals surface area (Å²) in [5, 5.41) is 9.30. The number of hydrogen-bond acceptors (Lipinski definition) is 3. The van der Waals surface area contributed by atoms with Crippen LogP contribution in [-0.4, -0.2) is 23.9 Å². The molecular weight excluding hydrogens is 190 g/mol. The first-order chi connectivity index (χ1) is 7.24. The second kappa shape index (κ2) is 6.35. The number of rotatable bonds is 6. The van der Waals surface area contributed by atoms with Gasteiger partial charge < -0.3 is 15.6 Å². The third kappa shape index (κ3) is 4.25. The van der Waals surface area contributed by atoms with Crippen LogP contribution in [0.15, 0.2) is 43.0 Å². The molecule has 0 aromatic heterocycles. The summed E-state index contributed by atoms with van der Waals surface area (Å²) in [7, 11) is 0. The fraction of sp³-hybridized carbons (Fsp3) is 0.333. The fourth-order valence-corrected chi connectivity index (χ4v) is 1.16. The monoisotopic (exact) mass is 207 g/mol. The minimum absolute atomic E-state index is 0.322. The van der Waals surface area contributed by atoms with Gasteiger partial charge in [-0.15, -0.1) is 6.58 Å². The van der Waals surface area contributed by atoms with Crippen LogP contribution in [0, 0.1) is 0 Å². The summed E-state index contributed by atoms with van der Waals surface area (Å²) in [6.07, 6.45) is 0.706. The molecule has 0 amide bonds. The molecule has 0 bridgehead atoms. The molecule has 15 heavy (non-hydrogen) atoms. The van der Waals surface area contributed by atoms with Crippen molar-refractivity contribution in [2.75, 3.05) is 6.61 Å². The lowest BCUT2D eigenvalue weighted by Gasteiger charge is -2.15. The van der Waals surface area contributed by atoms with Crippen LogP contribution in [0.4, 0.5) is 0 Å². The van der Waals surface area contributed by atoms with Gasteiger partial charge >= 0.3 is 0 Å². The molecule has 1 aromatic rings. The molecule has 0 radical (unpaired) electrons. The molecule has 3 nitrogen and oxygen atoms in total. The predicted octanol–water partition coefficient (Wildman–Crippen LogP) is 1.08. The van der Waals surface area contributed by atoms with E-state index in [0.717, 1.165) is 5.56 Å². The Morgan fingerprint density at radius 1 is 1.40 bits per heavy atom. The van der Waals surface area contributed by atoms with Crippen LogP contribution in [0.1, 0.15) is 5.56 Å². The van der Waals surface area contributed by atoms with Crippen molar-refractivity contribution in [3.63, 3.8) is 0 Å². The Hall–Kier alpha value is -1.16. The van der Waals surface area contributed by atoms with Gasteiger partial charge in [-0.05, 0) is 5.56 Å². The van der Waals surface area contributed by atoms with Crippen molar-refractivity contribution in [3.05, 3.63) is 48.6 Å². The van der Waals surface area contributed by atoms with Gasteiger partial charge in [0.1, 0.15) is 0 Å². The van der Waals surface area contributed by atoms with Crippen LogP contribution in [0.2, 0.25) is 0 Å². The third-order valence-electron chi connectivity index (χ3n) is 2.10. The first-order valence-corrected chi connectivity index (χ1v) is 4.92. The molecule has 0 aliphatic carbocycles. The zero-order valence-corrected chi connectivity index (χ0v) is 8.67. The van der Waals surface area contributed by atoms with E-state index in [4.69, 9.17) is 10.5 Å². The summed E-state index contributed by atoms with van der Waals surface area (Å²) in [6.45, 7) is 4.30. The van der Waals surface area contributed by atoms with Gasteiger partial charge in [0, 0.05) is 0 Å². The van der Waals surface area contributed by atoms with Gasteiger partial charge in [-0.1, -0.05) is 36.4 Å². The number of aliphatic hydroxyl groups excluding tert-OH is 1. The number of hydrogen-bond donors (Lipinski definition) is 2. The third-order valence-corrected chi connectivity index (χ3v) is 2.10. The van der Waals surface area contributed by atoms with Gasteiger partial charge in [-0.3, -0.25) is 0 Å². The SMILES string of the molecule is C=C[C@H](O)[C@@H](N)COCc1ccccc1. The second-order valence-electron chi connectivity index (χ2n) is 3.39. The molecule has 82 valence electrons. The molecular formula is C12H17NO2. The van der Waals surface area contributed by atoms with E-state index < -0.39 is 12.1 Å². The molecule has 1 rings (SSSR count). The molecule has 3 heteroatoms. The highest BCUT2D eigenvalue weighted by Crippen LogP contribution is 2.01. The molecule has 2 atom stereocenters. The molecule has 0 saturated heterocycles. The summed E-state index contributed by atoms with van der Waals surface area (Å²) >= 11 is 0. The zero-order valence-electron chi connectivity index (χ0n) is 8.67. The second-order valence-corrected chi connectivity index (χ2v) is 3.39. The van der Waals surface area contributed by atoms with Gasteiger partial charge in [0.05, 0.1) is 25.4 Å². The zero-order chi connectivity index (χ0) is 11.1. The maximum Gasteiger partial charge on any atom is 0.0891 e. The van der Waals surface area contributed by atoms with Crippen LogP contribution < -0.4 is 5.73 Å². The van der Waals surface area contributed by atoms with Crippen molar-refractivity contribution in [3.8, 4) is 0 Å². The number of ether oxygens (including phenoxy) is 1. The van der Waals surface area contributed by atoms with Crippen LogP contribution >= 0.6 is 0 Å². The highest BCUT2D eigenvalue weighted by Gasteiger charge is 2.10. The van der Waals surface area contributed by atoms with E-state index >= 15 is 0 Å². The standard InChI is InChI=1S/C12H17NO2/c1-2-12(14)11(13)9-15-8-10-6-4-3-5-7-10/h2-7,11-12,14H,1,8-9,13H2/t11-,12-/m0/s1. The minimum atomic E-state index is -0.708. The van der Waals surface area contributed by atoms with Crippen LogP contribution in [0.3, 0.4) is 0 Å². The molecule has 1 aromatic carbocycles. The summed E-state index contributed by atoms with van der Waals surface area (Å²) in [5.74, 6) is 0. The average Bonchev–Trinajstić information content (AvgIpc) is 2.29. The van der Waals surface area contributed by atoms with Crippen LogP contribution in [0.25, 0.3) is 0 Å². The Morgan fingerprint density at radius 2 is 2.07 bits per heavy atom. The van der Waals surface area contributed by atoms with Crippen LogP contribution in [0.5, 0.6) is 0 Å². The largest absolute Gasteiger partial charge is 0.387 e. The molecule has 0 saturated carbocycles. The van der Waals surface area contributed by atoms with Crippen LogP contribution in [-0.2, 0) is 11.3 Å². The topological polar surface area (TPSA) is 55.5 Å². The number of nitrogens with two attached hydrogens (primary N) is 1. The van der Waals surface area contributed by atoms with E-state index in [1.54, 1.807) is 0 Å². The first kappa shape index (κ1) is 11.9. The number of benzene rings is 1.